The minimum Gasteiger partial charge on any atom is -0.497 e. The number of carbonyl (C=O) groups excluding carboxylic acids is 1. The molecule has 128 valence electrons. The summed E-state index contributed by atoms with van der Waals surface area (Å²) in [7, 11) is 1.57. The first-order valence-corrected chi connectivity index (χ1v) is 7.40. The van der Waals surface area contributed by atoms with Crippen LogP contribution in [0.2, 0.25) is 0 Å². The number of rotatable bonds is 5. The Balaban J connectivity index is 1.65. The van der Waals surface area contributed by atoms with Gasteiger partial charge in [-0.1, -0.05) is 17.3 Å². The first-order valence-electron chi connectivity index (χ1n) is 7.40. The molecule has 0 spiro atoms. The van der Waals surface area contributed by atoms with E-state index in [1.165, 1.54) is 12.1 Å². The lowest BCUT2D eigenvalue weighted by molar-refractivity contribution is -0.115. The van der Waals surface area contributed by atoms with Crippen molar-refractivity contribution in [2.75, 3.05) is 12.4 Å². The van der Waals surface area contributed by atoms with E-state index >= 15 is 0 Å². The zero-order valence-corrected chi connectivity index (χ0v) is 13.3. The highest BCUT2D eigenvalue weighted by molar-refractivity contribution is 5.91. The van der Waals surface area contributed by atoms with Gasteiger partial charge in [0.05, 0.1) is 13.5 Å². The number of carbonyl (C=O) groups is 1. The maximum atomic E-state index is 13.3. The van der Waals surface area contributed by atoms with E-state index in [9.17, 15) is 13.6 Å². The molecule has 3 rings (SSSR count). The Labute approximate surface area is 142 Å². The van der Waals surface area contributed by atoms with Crippen molar-refractivity contribution in [2.45, 2.75) is 6.42 Å². The van der Waals surface area contributed by atoms with Crippen LogP contribution in [0.15, 0.2) is 53.1 Å². The molecule has 5 nitrogen and oxygen atoms in total. The van der Waals surface area contributed by atoms with Crippen LogP contribution < -0.4 is 10.1 Å². The minimum atomic E-state index is -0.981. The molecule has 1 N–H and O–H groups in total. The second kappa shape index (κ2) is 7.12. The highest BCUT2D eigenvalue weighted by Crippen LogP contribution is 2.23. The van der Waals surface area contributed by atoms with Crippen LogP contribution in [0, 0.1) is 11.6 Å². The summed E-state index contributed by atoms with van der Waals surface area (Å²) in [5.41, 5.74) is 1.44. The summed E-state index contributed by atoms with van der Waals surface area (Å²) in [6.07, 6.45) is 0.144. The average molecular weight is 344 g/mol. The van der Waals surface area contributed by atoms with Crippen molar-refractivity contribution in [3.05, 3.63) is 65.7 Å². The van der Waals surface area contributed by atoms with Gasteiger partial charge in [0.15, 0.2) is 11.6 Å². The van der Waals surface area contributed by atoms with Gasteiger partial charge in [0.1, 0.15) is 11.4 Å². The van der Waals surface area contributed by atoms with Gasteiger partial charge >= 0.3 is 0 Å². The molecule has 0 aliphatic rings. The first-order chi connectivity index (χ1) is 12.0. The zero-order valence-electron chi connectivity index (χ0n) is 13.3. The van der Waals surface area contributed by atoms with E-state index in [1.54, 1.807) is 31.4 Å². The molecular formula is C18H14F2N2O3. The highest BCUT2D eigenvalue weighted by atomic mass is 19.2. The van der Waals surface area contributed by atoms with Gasteiger partial charge in [0.2, 0.25) is 11.8 Å². The molecule has 3 aromatic rings. The van der Waals surface area contributed by atoms with E-state index in [2.05, 4.69) is 10.5 Å². The zero-order chi connectivity index (χ0) is 17.8. The van der Waals surface area contributed by atoms with Crippen LogP contribution in [-0.4, -0.2) is 18.2 Å². The van der Waals surface area contributed by atoms with Gasteiger partial charge in [-0.25, -0.2) is 8.78 Å². The third-order valence-electron chi connectivity index (χ3n) is 3.51. The second-order valence-electron chi connectivity index (χ2n) is 5.28. The number of aromatic nitrogens is 1. The number of benzene rings is 2. The molecule has 0 aliphatic carbocycles. The lowest BCUT2D eigenvalue weighted by Gasteiger charge is -2.03. The van der Waals surface area contributed by atoms with Gasteiger partial charge in [-0.05, 0) is 35.9 Å². The van der Waals surface area contributed by atoms with Gasteiger partial charge in [-0.3, -0.25) is 10.1 Å². The van der Waals surface area contributed by atoms with E-state index < -0.39 is 11.6 Å². The summed E-state index contributed by atoms with van der Waals surface area (Å²) in [6.45, 7) is 0. The van der Waals surface area contributed by atoms with Crippen molar-refractivity contribution in [1.82, 2.24) is 5.16 Å². The molecule has 1 aromatic heterocycles. The second-order valence-corrected chi connectivity index (χ2v) is 5.28. The number of hydrogen-bond donors (Lipinski definition) is 1. The summed E-state index contributed by atoms with van der Waals surface area (Å²) in [4.78, 5) is 12.0. The van der Waals surface area contributed by atoms with Gasteiger partial charge < -0.3 is 9.26 Å². The van der Waals surface area contributed by atoms with Crippen LogP contribution in [0.3, 0.4) is 0 Å². The molecular weight excluding hydrogens is 330 g/mol. The number of amides is 1. The molecule has 0 aliphatic heterocycles. The molecule has 0 radical (unpaired) electrons. The number of hydrogen-bond acceptors (Lipinski definition) is 4. The van der Waals surface area contributed by atoms with Crippen molar-refractivity contribution in [1.29, 1.82) is 0 Å². The summed E-state index contributed by atoms with van der Waals surface area (Å²) in [6, 6.07) is 11.9. The van der Waals surface area contributed by atoms with Gasteiger partial charge in [-0.15, -0.1) is 0 Å². The van der Waals surface area contributed by atoms with E-state index in [0.29, 0.717) is 17.0 Å². The van der Waals surface area contributed by atoms with E-state index in [4.69, 9.17) is 9.26 Å². The Bertz CT molecular complexity index is 892. The van der Waals surface area contributed by atoms with E-state index in [1.807, 2.05) is 0 Å². The third-order valence-corrected chi connectivity index (χ3v) is 3.51. The summed E-state index contributed by atoms with van der Waals surface area (Å²) in [5, 5.41) is 6.31. The molecule has 1 amide bonds. The van der Waals surface area contributed by atoms with Crippen molar-refractivity contribution >= 4 is 11.8 Å². The average Bonchev–Trinajstić information content (AvgIpc) is 3.06. The predicted octanol–water partition coefficient (Wildman–Crippen LogP) is 3.81. The lowest BCUT2D eigenvalue weighted by atomic mass is 10.1. The fraction of sp³-hybridized carbons (Fsp3) is 0.111. The molecule has 0 fully saturated rings. The molecule has 25 heavy (non-hydrogen) atoms. The molecule has 7 heteroatoms. The summed E-state index contributed by atoms with van der Waals surface area (Å²) >= 11 is 0. The van der Waals surface area contributed by atoms with Crippen LogP contribution in [0.4, 0.5) is 14.7 Å². The molecule has 0 saturated heterocycles. The van der Waals surface area contributed by atoms with Crippen LogP contribution >= 0.6 is 0 Å². The molecule has 0 atom stereocenters. The van der Waals surface area contributed by atoms with Crippen molar-refractivity contribution in [2.24, 2.45) is 0 Å². The quantitative estimate of drug-likeness (QED) is 0.764. The molecule has 0 bridgehead atoms. The summed E-state index contributed by atoms with van der Waals surface area (Å²) in [5.74, 6) is -1.39. The van der Waals surface area contributed by atoms with Gasteiger partial charge in [0, 0.05) is 11.6 Å². The van der Waals surface area contributed by atoms with E-state index in [0.717, 1.165) is 17.7 Å². The molecule has 0 saturated carbocycles. The van der Waals surface area contributed by atoms with Crippen LogP contribution in [0.1, 0.15) is 5.56 Å². The van der Waals surface area contributed by atoms with Crippen LogP contribution in [-0.2, 0) is 11.2 Å². The smallest absolute Gasteiger partial charge is 0.231 e. The normalized spacial score (nSPS) is 10.5. The standard InChI is InChI=1S/C18H14F2N2O3/c1-24-13-5-2-11(3-6-13)8-17(23)21-18-10-16(22-25-18)12-4-7-14(19)15(20)9-12/h2-7,9-10H,8H2,1H3,(H,21,23). The largest absolute Gasteiger partial charge is 0.497 e. The maximum Gasteiger partial charge on any atom is 0.231 e. The fourth-order valence-electron chi connectivity index (χ4n) is 2.24. The number of methoxy groups -OCH3 is 1. The number of ether oxygens (including phenoxy) is 1. The molecule has 0 unspecified atom stereocenters. The fourth-order valence-corrected chi connectivity index (χ4v) is 2.24. The van der Waals surface area contributed by atoms with Crippen LogP contribution in [0.5, 0.6) is 5.75 Å². The monoisotopic (exact) mass is 344 g/mol. The Morgan fingerprint density at radius 2 is 1.88 bits per heavy atom. The Hall–Kier alpha value is -3.22. The number of halogens is 2. The predicted molar refractivity (Wildman–Crippen MR) is 87.2 cm³/mol. The first kappa shape index (κ1) is 16.6. The maximum absolute atomic E-state index is 13.3. The lowest BCUT2D eigenvalue weighted by Crippen LogP contribution is -2.13. The highest BCUT2D eigenvalue weighted by Gasteiger charge is 2.12. The Morgan fingerprint density at radius 1 is 1.12 bits per heavy atom. The van der Waals surface area contributed by atoms with Gasteiger partial charge in [0.25, 0.3) is 0 Å². The van der Waals surface area contributed by atoms with Gasteiger partial charge in [-0.2, -0.15) is 0 Å². The number of nitrogens with one attached hydrogen (secondary N) is 1. The van der Waals surface area contributed by atoms with Crippen molar-refractivity contribution in [3.8, 4) is 17.0 Å². The minimum absolute atomic E-state index is 0.123. The Morgan fingerprint density at radius 3 is 2.56 bits per heavy atom. The topological polar surface area (TPSA) is 64.4 Å². The number of nitrogens with zero attached hydrogens (tertiary/aromatic N) is 1. The Kier molecular flexibility index (Phi) is 4.74. The SMILES string of the molecule is COc1ccc(CC(=O)Nc2cc(-c3ccc(F)c(F)c3)no2)cc1. The molecule has 2 aromatic carbocycles. The van der Waals surface area contributed by atoms with E-state index in [-0.39, 0.29) is 18.2 Å². The van der Waals surface area contributed by atoms with Crippen molar-refractivity contribution in [3.63, 3.8) is 0 Å². The third kappa shape index (κ3) is 4.00. The number of anilines is 1. The molecule has 1 heterocycles. The van der Waals surface area contributed by atoms with Crippen molar-refractivity contribution < 1.29 is 22.8 Å². The summed E-state index contributed by atoms with van der Waals surface area (Å²) < 4.78 is 36.3. The van der Waals surface area contributed by atoms with Crippen LogP contribution in [0.25, 0.3) is 11.3 Å².